The molecule has 0 fully saturated rings. The van der Waals surface area contributed by atoms with E-state index in [1.54, 1.807) is 12.1 Å². The molecule has 1 amide bonds. The normalized spacial score (nSPS) is 14.9. The number of sulfone groups is 1. The number of rotatable bonds is 4. The standard InChI is InChI=1S/C13H15NO4S/c1-3-9-4-5-11-10(8-9)12(15)13(16)14(11)6-7-19(2,17)18/h4-5,8H,3,6-7H2,1-2H3. The first-order chi connectivity index (χ1) is 8.83. The second-order valence-electron chi connectivity index (χ2n) is 4.62. The Morgan fingerprint density at radius 1 is 1.21 bits per heavy atom. The largest absolute Gasteiger partial charge is 0.304 e. The van der Waals surface area contributed by atoms with Crippen LogP contribution in [0.3, 0.4) is 0 Å². The van der Waals surface area contributed by atoms with Gasteiger partial charge in [-0.2, -0.15) is 0 Å². The minimum Gasteiger partial charge on any atom is -0.304 e. The molecule has 1 aromatic rings. The van der Waals surface area contributed by atoms with Crippen LogP contribution in [0.25, 0.3) is 0 Å². The molecule has 0 radical (unpaired) electrons. The van der Waals surface area contributed by atoms with Crippen LogP contribution in [0.1, 0.15) is 22.8 Å². The van der Waals surface area contributed by atoms with Crippen molar-refractivity contribution in [2.24, 2.45) is 0 Å². The number of carbonyl (C=O) groups excluding carboxylic acids is 2. The molecule has 0 aliphatic carbocycles. The summed E-state index contributed by atoms with van der Waals surface area (Å²) in [6.45, 7) is 1.98. The lowest BCUT2D eigenvalue weighted by molar-refractivity contribution is -0.114. The predicted octanol–water partition coefficient (Wildman–Crippen LogP) is 0.823. The number of nitrogens with zero attached hydrogens (tertiary/aromatic N) is 1. The van der Waals surface area contributed by atoms with E-state index >= 15 is 0 Å². The smallest absolute Gasteiger partial charge is 0.299 e. The Morgan fingerprint density at radius 3 is 2.47 bits per heavy atom. The third-order valence-electron chi connectivity index (χ3n) is 3.13. The van der Waals surface area contributed by atoms with Crippen LogP contribution in [-0.2, 0) is 21.1 Å². The van der Waals surface area contributed by atoms with E-state index in [0.717, 1.165) is 18.2 Å². The van der Waals surface area contributed by atoms with Crippen molar-refractivity contribution in [2.45, 2.75) is 13.3 Å². The van der Waals surface area contributed by atoms with Gasteiger partial charge in [0.05, 0.1) is 17.0 Å². The van der Waals surface area contributed by atoms with E-state index in [-0.39, 0.29) is 12.3 Å². The Kier molecular flexibility index (Phi) is 3.45. The molecule has 0 bridgehead atoms. The number of hydrogen-bond donors (Lipinski definition) is 0. The highest BCUT2D eigenvalue weighted by Gasteiger charge is 2.35. The van der Waals surface area contributed by atoms with Crippen LogP contribution in [0.4, 0.5) is 5.69 Å². The molecule has 0 saturated carbocycles. The van der Waals surface area contributed by atoms with E-state index in [2.05, 4.69) is 0 Å². The number of anilines is 1. The average molecular weight is 281 g/mol. The zero-order valence-electron chi connectivity index (χ0n) is 10.8. The van der Waals surface area contributed by atoms with Gasteiger partial charge in [-0.15, -0.1) is 0 Å². The van der Waals surface area contributed by atoms with E-state index in [1.807, 2.05) is 13.0 Å². The van der Waals surface area contributed by atoms with Crippen LogP contribution >= 0.6 is 0 Å². The summed E-state index contributed by atoms with van der Waals surface area (Å²) in [7, 11) is -3.17. The zero-order valence-corrected chi connectivity index (χ0v) is 11.7. The summed E-state index contributed by atoms with van der Waals surface area (Å²) in [6.07, 6.45) is 1.88. The van der Waals surface area contributed by atoms with E-state index in [1.165, 1.54) is 4.90 Å². The van der Waals surface area contributed by atoms with Crippen molar-refractivity contribution in [3.05, 3.63) is 29.3 Å². The van der Waals surface area contributed by atoms with Gasteiger partial charge in [0, 0.05) is 12.8 Å². The Bertz CT molecular complexity index is 649. The molecule has 6 heteroatoms. The topological polar surface area (TPSA) is 71.5 Å². The van der Waals surface area contributed by atoms with Crippen molar-refractivity contribution in [1.82, 2.24) is 0 Å². The molecule has 0 unspecified atom stereocenters. The van der Waals surface area contributed by atoms with Gasteiger partial charge in [-0.1, -0.05) is 13.0 Å². The summed E-state index contributed by atoms with van der Waals surface area (Å²) < 4.78 is 22.3. The second kappa shape index (κ2) is 4.77. The van der Waals surface area contributed by atoms with Crippen molar-refractivity contribution in [3.63, 3.8) is 0 Å². The SMILES string of the molecule is CCc1ccc2c(c1)C(=O)C(=O)N2CCS(C)(=O)=O. The highest BCUT2D eigenvalue weighted by atomic mass is 32.2. The molecule has 102 valence electrons. The summed E-state index contributed by atoms with van der Waals surface area (Å²) >= 11 is 0. The molecule has 2 rings (SSSR count). The van der Waals surface area contributed by atoms with Crippen molar-refractivity contribution < 1.29 is 18.0 Å². The molecule has 0 spiro atoms. The third kappa shape index (κ3) is 2.68. The van der Waals surface area contributed by atoms with Gasteiger partial charge in [0.25, 0.3) is 11.7 Å². The maximum absolute atomic E-state index is 11.9. The number of benzene rings is 1. The van der Waals surface area contributed by atoms with Gasteiger partial charge < -0.3 is 4.90 Å². The molecule has 19 heavy (non-hydrogen) atoms. The van der Waals surface area contributed by atoms with E-state index in [0.29, 0.717) is 11.3 Å². The van der Waals surface area contributed by atoms with Gasteiger partial charge in [0.2, 0.25) is 0 Å². The maximum Gasteiger partial charge on any atom is 0.299 e. The first-order valence-electron chi connectivity index (χ1n) is 6.00. The van der Waals surface area contributed by atoms with Gasteiger partial charge in [-0.25, -0.2) is 8.42 Å². The monoisotopic (exact) mass is 281 g/mol. The minimum absolute atomic E-state index is 0.0158. The van der Waals surface area contributed by atoms with Crippen LogP contribution in [0, 0.1) is 0 Å². The van der Waals surface area contributed by atoms with Gasteiger partial charge in [-0.05, 0) is 24.1 Å². The van der Waals surface area contributed by atoms with Crippen LogP contribution in [0.15, 0.2) is 18.2 Å². The second-order valence-corrected chi connectivity index (χ2v) is 6.88. The van der Waals surface area contributed by atoms with Crippen LogP contribution in [0.2, 0.25) is 0 Å². The van der Waals surface area contributed by atoms with E-state index < -0.39 is 21.5 Å². The molecule has 1 aliphatic heterocycles. The van der Waals surface area contributed by atoms with Crippen LogP contribution in [0.5, 0.6) is 0 Å². The summed E-state index contributed by atoms with van der Waals surface area (Å²) in [5.74, 6) is -1.35. The molecule has 0 atom stereocenters. The van der Waals surface area contributed by atoms with Crippen LogP contribution < -0.4 is 4.90 Å². The first kappa shape index (κ1) is 13.7. The molecular formula is C13H15NO4S. The molecule has 0 N–H and O–H groups in total. The summed E-state index contributed by atoms with van der Waals surface area (Å²) in [4.78, 5) is 25.0. The number of Topliss-reactive ketones (excluding diaryl/α,β-unsaturated/α-hetero) is 1. The number of aryl methyl sites for hydroxylation is 1. The van der Waals surface area contributed by atoms with Gasteiger partial charge in [0.1, 0.15) is 9.84 Å². The van der Waals surface area contributed by atoms with Gasteiger partial charge in [0.15, 0.2) is 0 Å². The number of hydrogen-bond acceptors (Lipinski definition) is 4. The lowest BCUT2D eigenvalue weighted by Gasteiger charge is -2.15. The van der Waals surface area contributed by atoms with E-state index in [9.17, 15) is 18.0 Å². The molecule has 1 aliphatic rings. The number of amides is 1. The lowest BCUT2D eigenvalue weighted by atomic mass is 10.1. The van der Waals surface area contributed by atoms with Crippen molar-refractivity contribution in [3.8, 4) is 0 Å². The fourth-order valence-electron chi connectivity index (χ4n) is 2.05. The van der Waals surface area contributed by atoms with Gasteiger partial charge >= 0.3 is 0 Å². The van der Waals surface area contributed by atoms with Crippen molar-refractivity contribution in [2.75, 3.05) is 23.5 Å². The van der Waals surface area contributed by atoms with Gasteiger partial charge in [-0.3, -0.25) is 9.59 Å². The van der Waals surface area contributed by atoms with Crippen LogP contribution in [-0.4, -0.2) is 38.7 Å². The number of carbonyl (C=O) groups is 2. The Hall–Kier alpha value is -1.69. The molecule has 1 aromatic carbocycles. The van der Waals surface area contributed by atoms with Crippen molar-refractivity contribution >= 4 is 27.2 Å². The zero-order chi connectivity index (χ0) is 14.2. The molecule has 1 heterocycles. The Labute approximate surface area is 112 Å². The summed E-state index contributed by atoms with van der Waals surface area (Å²) in [5, 5.41) is 0. The predicted molar refractivity (Wildman–Crippen MR) is 72.2 cm³/mol. The van der Waals surface area contributed by atoms with E-state index in [4.69, 9.17) is 0 Å². The highest BCUT2D eigenvalue weighted by molar-refractivity contribution is 7.90. The lowest BCUT2D eigenvalue weighted by Crippen LogP contribution is -2.33. The number of fused-ring (bicyclic) bond motifs is 1. The average Bonchev–Trinajstić information content (AvgIpc) is 2.58. The van der Waals surface area contributed by atoms with Crippen molar-refractivity contribution in [1.29, 1.82) is 0 Å². The summed E-state index contributed by atoms with van der Waals surface area (Å²) in [5.41, 5.74) is 1.86. The molecular weight excluding hydrogens is 266 g/mol. The maximum atomic E-state index is 11.9. The highest BCUT2D eigenvalue weighted by Crippen LogP contribution is 2.29. The minimum atomic E-state index is -3.17. The quantitative estimate of drug-likeness (QED) is 0.766. The summed E-state index contributed by atoms with van der Waals surface area (Å²) in [6, 6.07) is 5.26. The molecule has 0 aromatic heterocycles. The third-order valence-corrected chi connectivity index (χ3v) is 4.05. The fraction of sp³-hybridized carbons (Fsp3) is 0.385. The molecule has 5 nitrogen and oxygen atoms in total. The number of ketones is 1. The molecule has 0 saturated heterocycles. The fourth-order valence-corrected chi connectivity index (χ4v) is 2.56. The first-order valence-corrected chi connectivity index (χ1v) is 8.06. The Balaban J connectivity index is 2.34. The Morgan fingerprint density at radius 2 is 1.89 bits per heavy atom.